The Hall–Kier alpha value is -0.670. The molecule has 2 aliphatic rings. The SMILES string of the molecule is Cc1nsc(N2CCCN(C(=O)[C@@H]3CC[C@H](CN)O3)CC2)n1.Cl.Cl. The number of halogens is 2. The second-order valence-electron chi connectivity index (χ2n) is 5.85. The summed E-state index contributed by atoms with van der Waals surface area (Å²) in [6, 6.07) is 0. The van der Waals surface area contributed by atoms with Crippen LogP contribution in [-0.2, 0) is 9.53 Å². The number of nitrogens with zero attached hydrogens (tertiary/aromatic N) is 4. The Kier molecular flexibility index (Phi) is 8.66. The van der Waals surface area contributed by atoms with Gasteiger partial charge in [0.05, 0.1) is 6.10 Å². The number of hydrogen-bond donors (Lipinski definition) is 1. The third kappa shape index (κ3) is 4.92. The second-order valence-corrected chi connectivity index (χ2v) is 6.58. The van der Waals surface area contributed by atoms with Gasteiger partial charge in [0.25, 0.3) is 5.91 Å². The molecule has 138 valence electrons. The predicted molar refractivity (Wildman–Crippen MR) is 99.5 cm³/mol. The van der Waals surface area contributed by atoms with E-state index in [0.717, 1.165) is 49.9 Å². The van der Waals surface area contributed by atoms with Gasteiger partial charge in [-0.25, -0.2) is 4.98 Å². The number of rotatable bonds is 3. The van der Waals surface area contributed by atoms with Crippen LogP contribution in [0.1, 0.15) is 25.1 Å². The number of amides is 1. The average molecular weight is 398 g/mol. The lowest BCUT2D eigenvalue weighted by Gasteiger charge is -2.24. The highest BCUT2D eigenvalue weighted by molar-refractivity contribution is 7.09. The normalized spacial score (nSPS) is 24.1. The third-order valence-corrected chi connectivity index (χ3v) is 5.11. The van der Waals surface area contributed by atoms with E-state index in [9.17, 15) is 4.79 Å². The van der Waals surface area contributed by atoms with E-state index >= 15 is 0 Å². The van der Waals surface area contributed by atoms with Crippen LogP contribution in [0.3, 0.4) is 0 Å². The summed E-state index contributed by atoms with van der Waals surface area (Å²) in [4.78, 5) is 21.2. The Labute approximate surface area is 158 Å². The molecule has 2 saturated heterocycles. The Morgan fingerprint density at radius 2 is 2.08 bits per heavy atom. The zero-order valence-electron chi connectivity index (χ0n) is 13.7. The van der Waals surface area contributed by atoms with Gasteiger partial charge in [-0.1, -0.05) is 0 Å². The maximum absolute atomic E-state index is 12.6. The Morgan fingerprint density at radius 1 is 1.29 bits per heavy atom. The van der Waals surface area contributed by atoms with Crippen molar-refractivity contribution in [2.75, 3.05) is 37.6 Å². The standard InChI is InChI=1S/C14H23N5O2S.2ClH/c1-10-16-14(22-17-10)19-6-2-5-18(7-8-19)13(20)12-4-3-11(9-15)21-12;;/h11-12H,2-9,15H2,1H3;2*1H/t11-,12+;;/m1../s1. The van der Waals surface area contributed by atoms with Gasteiger partial charge in [0.1, 0.15) is 11.9 Å². The van der Waals surface area contributed by atoms with E-state index in [0.29, 0.717) is 13.1 Å². The number of aryl methyl sites for hydroxylation is 1. The van der Waals surface area contributed by atoms with Crippen molar-refractivity contribution in [3.8, 4) is 0 Å². The largest absolute Gasteiger partial charge is 0.364 e. The highest BCUT2D eigenvalue weighted by Gasteiger charge is 2.33. The third-order valence-electron chi connectivity index (χ3n) is 4.24. The van der Waals surface area contributed by atoms with Crippen LogP contribution in [0.5, 0.6) is 0 Å². The van der Waals surface area contributed by atoms with Crippen LogP contribution in [0.4, 0.5) is 5.13 Å². The number of carbonyl (C=O) groups is 1. The minimum Gasteiger partial charge on any atom is -0.364 e. The van der Waals surface area contributed by atoms with Crippen molar-refractivity contribution in [2.45, 2.75) is 38.4 Å². The fourth-order valence-electron chi connectivity index (χ4n) is 3.01. The fraction of sp³-hybridized carbons (Fsp3) is 0.786. The van der Waals surface area contributed by atoms with Crippen molar-refractivity contribution in [1.82, 2.24) is 14.3 Å². The van der Waals surface area contributed by atoms with Gasteiger partial charge >= 0.3 is 0 Å². The average Bonchev–Trinajstić information content (AvgIpc) is 3.10. The summed E-state index contributed by atoms with van der Waals surface area (Å²) in [6.07, 6.45) is 2.36. The summed E-state index contributed by atoms with van der Waals surface area (Å²) >= 11 is 1.43. The number of anilines is 1. The van der Waals surface area contributed by atoms with Crippen LogP contribution in [0, 0.1) is 6.92 Å². The minimum atomic E-state index is -0.302. The first-order valence-corrected chi connectivity index (χ1v) is 8.64. The first kappa shape index (κ1) is 21.4. The summed E-state index contributed by atoms with van der Waals surface area (Å²) in [5.41, 5.74) is 5.62. The first-order chi connectivity index (χ1) is 10.7. The molecule has 10 heteroatoms. The molecule has 2 N–H and O–H groups in total. The van der Waals surface area contributed by atoms with Crippen LogP contribution in [0.25, 0.3) is 0 Å². The molecular formula is C14H25Cl2N5O2S. The van der Waals surface area contributed by atoms with Gasteiger partial charge in [-0.05, 0) is 26.2 Å². The Morgan fingerprint density at radius 3 is 2.71 bits per heavy atom. The lowest BCUT2D eigenvalue weighted by molar-refractivity contribution is -0.142. The highest BCUT2D eigenvalue weighted by atomic mass is 35.5. The van der Waals surface area contributed by atoms with Gasteiger partial charge in [-0.15, -0.1) is 24.8 Å². The molecule has 2 atom stereocenters. The maximum Gasteiger partial charge on any atom is 0.251 e. The van der Waals surface area contributed by atoms with E-state index < -0.39 is 0 Å². The predicted octanol–water partition coefficient (Wildman–Crippen LogP) is 1.24. The summed E-state index contributed by atoms with van der Waals surface area (Å²) in [5, 5.41) is 0.951. The van der Waals surface area contributed by atoms with E-state index in [2.05, 4.69) is 14.3 Å². The van der Waals surface area contributed by atoms with E-state index in [1.54, 1.807) is 0 Å². The zero-order valence-corrected chi connectivity index (χ0v) is 16.2. The van der Waals surface area contributed by atoms with Crippen molar-refractivity contribution < 1.29 is 9.53 Å². The number of ether oxygens (including phenoxy) is 1. The molecule has 1 amide bonds. The molecule has 3 heterocycles. The molecule has 2 fully saturated rings. The maximum atomic E-state index is 12.6. The van der Waals surface area contributed by atoms with Gasteiger partial charge in [0.15, 0.2) is 0 Å². The molecule has 7 nitrogen and oxygen atoms in total. The monoisotopic (exact) mass is 397 g/mol. The van der Waals surface area contributed by atoms with E-state index in [4.69, 9.17) is 10.5 Å². The van der Waals surface area contributed by atoms with Crippen molar-refractivity contribution >= 4 is 47.4 Å². The molecule has 0 aliphatic carbocycles. The molecule has 0 spiro atoms. The van der Waals surface area contributed by atoms with Crippen molar-refractivity contribution in [3.05, 3.63) is 5.82 Å². The lowest BCUT2D eigenvalue weighted by Crippen LogP contribution is -2.41. The molecule has 0 unspecified atom stereocenters. The number of aromatic nitrogens is 2. The molecule has 1 aromatic heterocycles. The number of carbonyl (C=O) groups excluding carboxylic acids is 1. The van der Waals surface area contributed by atoms with Gasteiger partial charge in [-0.2, -0.15) is 4.37 Å². The smallest absolute Gasteiger partial charge is 0.251 e. The Bertz CT molecular complexity index is 533. The Balaban J connectivity index is 0.00000144. The lowest BCUT2D eigenvalue weighted by atomic mass is 10.2. The van der Waals surface area contributed by atoms with Gasteiger partial charge in [0.2, 0.25) is 5.13 Å². The van der Waals surface area contributed by atoms with Crippen LogP contribution in [-0.4, -0.2) is 65.1 Å². The molecule has 24 heavy (non-hydrogen) atoms. The van der Waals surface area contributed by atoms with Crippen LogP contribution < -0.4 is 10.6 Å². The fourth-order valence-corrected chi connectivity index (χ4v) is 3.73. The molecule has 3 rings (SSSR count). The zero-order chi connectivity index (χ0) is 15.5. The van der Waals surface area contributed by atoms with Gasteiger partial charge in [0, 0.05) is 44.3 Å². The van der Waals surface area contributed by atoms with Crippen LogP contribution >= 0.6 is 36.3 Å². The first-order valence-electron chi connectivity index (χ1n) is 7.87. The molecule has 0 bridgehead atoms. The second kappa shape index (κ2) is 9.72. The highest BCUT2D eigenvalue weighted by Crippen LogP contribution is 2.23. The van der Waals surface area contributed by atoms with Gasteiger partial charge in [-0.3, -0.25) is 4.79 Å². The minimum absolute atomic E-state index is 0. The molecule has 1 aromatic rings. The van der Waals surface area contributed by atoms with Crippen LogP contribution in [0.2, 0.25) is 0 Å². The number of nitrogens with two attached hydrogens (primary N) is 1. The van der Waals surface area contributed by atoms with E-state index in [-0.39, 0.29) is 42.9 Å². The summed E-state index contributed by atoms with van der Waals surface area (Å²) in [7, 11) is 0. The van der Waals surface area contributed by atoms with Crippen LogP contribution in [0.15, 0.2) is 0 Å². The molecule has 0 aromatic carbocycles. The molecule has 2 aliphatic heterocycles. The molecular weight excluding hydrogens is 373 g/mol. The van der Waals surface area contributed by atoms with Crippen molar-refractivity contribution in [2.24, 2.45) is 5.73 Å². The van der Waals surface area contributed by atoms with Crippen molar-refractivity contribution in [3.63, 3.8) is 0 Å². The summed E-state index contributed by atoms with van der Waals surface area (Å²) in [6.45, 7) is 5.60. The topological polar surface area (TPSA) is 84.6 Å². The molecule has 0 radical (unpaired) electrons. The van der Waals surface area contributed by atoms with E-state index in [1.165, 1.54) is 11.5 Å². The summed E-state index contributed by atoms with van der Waals surface area (Å²) < 4.78 is 9.96. The number of hydrogen-bond acceptors (Lipinski definition) is 7. The molecule has 0 saturated carbocycles. The van der Waals surface area contributed by atoms with E-state index in [1.807, 2.05) is 11.8 Å². The summed E-state index contributed by atoms with van der Waals surface area (Å²) in [5.74, 6) is 0.926. The van der Waals surface area contributed by atoms with Crippen molar-refractivity contribution in [1.29, 1.82) is 0 Å². The quantitative estimate of drug-likeness (QED) is 0.825. The van der Waals surface area contributed by atoms with Gasteiger partial charge < -0.3 is 20.3 Å².